The molecule has 1 amide bonds. The van der Waals surface area contributed by atoms with Gasteiger partial charge in [-0.25, -0.2) is 4.79 Å². The van der Waals surface area contributed by atoms with Gasteiger partial charge in [-0.05, 0) is 56.9 Å². The molecule has 0 bridgehead atoms. The van der Waals surface area contributed by atoms with E-state index in [4.69, 9.17) is 16.3 Å². The maximum Gasteiger partial charge on any atom is 0.410 e. The number of carbonyl (C=O) groups excluding carboxylic acids is 1. The molecule has 0 saturated carbocycles. The van der Waals surface area contributed by atoms with Crippen molar-refractivity contribution in [2.45, 2.75) is 44.6 Å². The quantitative estimate of drug-likeness (QED) is 0.697. The summed E-state index contributed by atoms with van der Waals surface area (Å²) in [7, 11) is 0. The van der Waals surface area contributed by atoms with Gasteiger partial charge >= 0.3 is 6.09 Å². The van der Waals surface area contributed by atoms with Gasteiger partial charge in [0.15, 0.2) is 0 Å². The van der Waals surface area contributed by atoms with E-state index in [1.807, 2.05) is 31.7 Å². The maximum atomic E-state index is 12.2. The average Bonchev–Trinajstić information content (AvgIpc) is 2.76. The Hall–Kier alpha value is -1.48. The van der Waals surface area contributed by atoms with E-state index in [1.165, 1.54) is 11.1 Å². The minimum absolute atomic E-state index is 0.0265. The summed E-state index contributed by atoms with van der Waals surface area (Å²) in [6.45, 7) is 7.12. The average molecular weight is 320 g/mol. The highest BCUT2D eigenvalue weighted by Gasteiger charge is 2.39. The van der Waals surface area contributed by atoms with Gasteiger partial charge in [0.25, 0.3) is 0 Å². The number of fused-ring (bicyclic) bond motifs is 2. The third-order valence-corrected chi connectivity index (χ3v) is 4.68. The van der Waals surface area contributed by atoms with E-state index in [0.29, 0.717) is 13.1 Å². The van der Waals surface area contributed by atoms with E-state index in [1.54, 1.807) is 0 Å². The van der Waals surface area contributed by atoms with E-state index in [2.05, 4.69) is 24.3 Å². The van der Waals surface area contributed by atoms with Crippen LogP contribution in [-0.2, 0) is 10.2 Å². The summed E-state index contributed by atoms with van der Waals surface area (Å²) >= 11 is 6.17. The van der Waals surface area contributed by atoms with Gasteiger partial charge in [-0.1, -0.05) is 29.8 Å². The first-order valence-corrected chi connectivity index (χ1v) is 8.14. The van der Waals surface area contributed by atoms with Gasteiger partial charge in [0.2, 0.25) is 0 Å². The van der Waals surface area contributed by atoms with Crippen LogP contribution in [0.15, 0.2) is 24.3 Å². The third kappa shape index (κ3) is 2.87. The van der Waals surface area contributed by atoms with E-state index in [0.717, 1.165) is 17.9 Å². The SMILES string of the molecule is CC(C)(C)OC(=O)N1CCC2(C=Cc3ccc(Cl)cc32)CC1. The molecule has 1 aliphatic heterocycles. The molecule has 0 radical (unpaired) electrons. The Bertz CT molecular complexity index is 622. The van der Waals surface area contributed by atoms with E-state index >= 15 is 0 Å². The predicted octanol–water partition coefficient (Wildman–Crippen LogP) is 4.64. The molecule has 0 N–H and O–H groups in total. The van der Waals surface area contributed by atoms with Gasteiger partial charge < -0.3 is 9.64 Å². The van der Waals surface area contributed by atoms with Crippen molar-refractivity contribution in [3.05, 3.63) is 40.4 Å². The molecular weight excluding hydrogens is 298 g/mol. The summed E-state index contributed by atoms with van der Waals surface area (Å²) in [5.74, 6) is 0. The number of hydrogen-bond acceptors (Lipinski definition) is 2. The number of hydrogen-bond donors (Lipinski definition) is 0. The number of allylic oxidation sites excluding steroid dienone is 1. The van der Waals surface area contributed by atoms with Crippen LogP contribution in [0.4, 0.5) is 4.79 Å². The minimum atomic E-state index is -0.445. The van der Waals surface area contributed by atoms with Crippen LogP contribution < -0.4 is 0 Å². The minimum Gasteiger partial charge on any atom is -0.444 e. The monoisotopic (exact) mass is 319 g/mol. The Morgan fingerprint density at radius 2 is 1.95 bits per heavy atom. The molecule has 0 unspecified atom stereocenters. The van der Waals surface area contributed by atoms with Crippen molar-refractivity contribution in [1.29, 1.82) is 0 Å². The molecule has 1 saturated heterocycles. The van der Waals surface area contributed by atoms with Crippen molar-refractivity contribution in [3.8, 4) is 0 Å². The van der Waals surface area contributed by atoms with Crippen molar-refractivity contribution in [3.63, 3.8) is 0 Å². The second-order valence-electron chi connectivity index (χ2n) is 7.19. The van der Waals surface area contributed by atoms with Gasteiger partial charge in [-0.3, -0.25) is 0 Å². The Morgan fingerprint density at radius 3 is 2.59 bits per heavy atom. The highest BCUT2D eigenvalue weighted by molar-refractivity contribution is 6.30. The highest BCUT2D eigenvalue weighted by Crippen LogP contribution is 2.44. The number of piperidine rings is 1. The number of benzene rings is 1. The second-order valence-corrected chi connectivity index (χ2v) is 7.62. The number of likely N-dealkylation sites (tertiary alicyclic amines) is 1. The fraction of sp³-hybridized carbons (Fsp3) is 0.500. The van der Waals surface area contributed by atoms with Crippen LogP contribution in [-0.4, -0.2) is 29.7 Å². The molecule has 1 heterocycles. The molecule has 1 fully saturated rings. The zero-order chi connectivity index (χ0) is 16.0. The first-order valence-electron chi connectivity index (χ1n) is 7.76. The van der Waals surface area contributed by atoms with Crippen molar-refractivity contribution in [1.82, 2.24) is 4.90 Å². The molecule has 4 heteroatoms. The summed E-state index contributed by atoms with van der Waals surface area (Å²) in [6, 6.07) is 6.07. The van der Waals surface area contributed by atoms with Crippen LogP contribution in [0.2, 0.25) is 5.02 Å². The van der Waals surface area contributed by atoms with Gasteiger partial charge in [0.05, 0.1) is 0 Å². The summed E-state index contributed by atoms with van der Waals surface area (Å²) in [5.41, 5.74) is 2.12. The summed E-state index contributed by atoms with van der Waals surface area (Å²) in [5, 5.41) is 0.774. The van der Waals surface area contributed by atoms with Gasteiger partial charge in [-0.15, -0.1) is 0 Å². The lowest BCUT2D eigenvalue weighted by molar-refractivity contribution is 0.0184. The van der Waals surface area contributed by atoms with Crippen molar-refractivity contribution >= 4 is 23.8 Å². The number of ether oxygens (including phenoxy) is 1. The highest BCUT2D eigenvalue weighted by atomic mass is 35.5. The normalized spacial score (nSPS) is 19.4. The lowest BCUT2D eigenvalue weighted by atomic mass is 9.74. The molecular formula is C18H22ClNO2. The zero-order valence-electron chi connectivity index (χ0n) is 13.4. The topological polar surface area (TPSA) is 29.5 Å². The zero-order valence-corrected chi connectivity index (χ0v) is 14.1. The van der Waals surface area contributed by atoms with E-state index in [9.17, 15) is 4.79 Å². The van der Waals surface area contributed by atoms with Crippen LogP contribution in [0.25, 0.3) is 6.08 Å². The summed E-state index contributed by atoms with van der Waals surface area (Å²) in [6.07, 6.45) is 6.07. The van der Waals surface area contributed by atoms with E-state index < -0.39 is 5.60 Å². The third-order valence-electron chi connectivity index (χ3n) is 4.44. The van der Waals surface area contributed by atoms with Crippen LogP contribution in [0.3, 0.4) is 0 Å². The van der Waals surface area contributed by atoms with Crippen LogP contribution in [0.1, 0.15) is 44.7 Å². The standard InChI is InChI=1S/C18H22ClNO2/c1-17(2,3)22-16(21)20-10-8-18(9-11-20)7-6-13-4-5-14(19)12-15(13)18/h4-7,12H,8-11H2,1-3H3. The molecule has 118 valence electrons. The van der Waals surface area contributed by atoms with Crippen molar-refractivity contribution in [2.75, 3.05) is 13.1 Å². The largest absolute Gasteiger partial charge is 0.444 e. The number of nitrogens with zero attached hydrogens (tertiary/aromatic N) is 1. The molecule has 22 heavy (non-hydrogen) atoms. The van der Waals surface area contributed by atoms with Gasteiger partial charge in [0.1, 0.15) is 5.60 Å². The smallest absolute Gasteiger partial charge is 0.410 e. The molecule has 3 rings (SSSR count). The molecule has 1 aliphatic carbocycles. The Labute approximate surface area is 136 Å². The Morgan fingerprint density at radius 1 is 1.27 bits per heavy atom. The molecule has 2 aliphatic rings. The second kappa shape index (κ2) is 5.31. The van der Waals surface area contributed by atoms with Crippen LogP contribution in [0.5, 0.6) is 0 Å². The summed E-state index contributed by atoms with van der Waals surface area (Å²) < 4.78 is 5.46. The van der Waals surface area contributed by atoms with Crippen molar-refractivity contribution < 1.29 is 9.53 Å². The molecule has 1 aromatic rings. The molecule has 0 aromatic heterocycles. The van der Waals surface area contributed by atoms with Gasteiger partial charge in [0, 0.05) is 23.5 Å². The fourth-order valence-electron chi connectivity index (χ4n) is 3.29. The summed E-state index contributed by atoms with van der Waals surface area (Å²) in [4.78, 5) is 14.0. The van der Waals surface area contributed by atoms with Crippen LogP contribution in [0, 0.1) is 0 Å². The molecule has 1 aromatic carbocycles. The lowest BCUT2D eigenvalue weighted by Gasteiger charge is -2.39. The number of rotatable bonds is 0. The lowest BCUT2D eigenvalue weighted by Crippen LogP contribution is -2.45. The van der Waals surface area contributed by atoms with Crippen LogP contribution >= 0.6 is 11.6 Å². The predicted molar refractivity (Wildman–Crippen MR) is 89.2 cm³/mol. The number of halogens is 1. The number of carbonyl (C=O) groups is 1. The van der Waals surface area contributed by atoms with Crippen molar-refractivity contribution in [2.24, 2.45) is 0 Å². The maximum absolute atomic E-state index is 12.2. The Balaban J connectivity index is 1.72. The first-order chi connectivity index (χ1) is 10.3. The van der Waals surface area contributed by atoms with Gasteiger partial charge in [-0.2, -0.15) is 0 Å². The molecule has 1 spiro atoms. The first kappa shape index (κ1) is 15.4. The molecule has 0 atom stereocenters. The Kier molecular flexibility index (Phi) is 3.72. The van der Waals surface area contributed by atoms with E-state index in [-0.39, 0.29) is 11.5 Å². The fourth-order valence-corrected chi connectivity index (χ4v) is 3.47. The number of amides is 1. The molecule has 3 nitrogen and oxygen atoms in total.